The van der Waals surface area contributed by atoms with Crippen LogP contribution in [0, 0.1) is 21.8 Å². The number of nitrogens with two attached hydrogens (primary N) is 1. The second-order valence-electron chi connectivity index (χ2n) is 4.87. The zero-order chi connectivity index (χ0) is 13.8. The van der Waals surface area contributed by atoms with Crippen molar-refractivity contribution in [1.82, 2.24) is 0 Å². The van der Waals surface area contributed by atoms with E-state index in [1.54, 1.807) is 0 Å². The van der Waals surface area contributed by atoms with Gasteiger partial charge in [-0.3, -0.25) is 10.1 Å². The number of halogens is 2. The molecule has 1 fully saturated rings. The van der Waals surface area contributed by atoms with E-state index in [4.69, 9.17) is 10.5 Å². The molecule has 2 N–H and O–H groups in total. The lowest BCUT2D eigenvalue weighted by atomic mass is 9.87. The van der Waals surface area contributed by atoms with Crippen molar-refractivity contribution in [3.8, 4) is 5.75 Å². The fraction of sp³-hybridized carbons (Fsp3) is 0.538. The molecule has 20 heavy (non-hydrogen) atoms. The SMILES string of the molecule is Cl.NCC1CCC(Oc2cc(F)ccc2[N+](=O)[O-])CC1. The Hall–Kier alpha value is -1.40. The number of ether oxygens (including phenoxy) is 1. The molecule has 0 atom stereocenters. The number of benzene rings is 1. The van der Waals surface area contributed by atoms with Gasteiger partial charge in [-0.25, -0.2) is 4.39 Å². The van der Waals surface area contributed by atoms with Crippen LogP contribution < -0.4 is 10.5 Å². The Kier molecular flexibility index (Phi) is 6.16. The van der Waals surface area contributed by atoms with Gasteiger partial charge < -0.3 is 10.5 Å². The molecule has 0 aliphatic heterocycles. The van der Waals surface area contributed by atoms with Gasteiger partial charge in [0.2, 0.25) is 0 Å². The third-order valence-electron chi connectivity index (χ3n) is 3.54. The molecule has 1 aliphatic carbocycles. The van der Waals surface area contributed by atoms with Crippen LogP contribution in [0.1, 0.15) is 25.7 Å². The zero-order valence-electron chi connectivity index (χ0n) is 11.0. The van der Waals surface area contributed by atoms with E-state index in [0.717, 1.165) is 43.9 Å². The number of rotatable bonds is 4. The summed E-state index contributed by atoms with van der Waals surface area (Å²) >= 11 is 0. The summed E-state index contributed by atoms with van der Waals surface area (Å²) < 4.78 is 18.8. The van der Waals surface area contributed by atoms with Gasteiger partial charge in [-0.05, 0) is 44.2 Å². The van der Waals surface area contributed by atoms with Crippen LogP contribution in [0.2, 0.25) is 0 Å². The summed E-state index contributed by atoms with van der Waals surface area (Å²) in [5.74, 6) is -0.0141. The first kappa shape index (κ1) is 16.7. The first-order chi connectivity index (χ1) is 9.10. The number of hydrogen-bond acceptors (Lipinski definition) is 4. The molecule has 0 amide bonds. The number of nitrogens with zero attached hydrogens (tertiary/aromatic N) is 1. The van der Waals surface area contributed by atoms with E-state index in [9.17, 15) is 14.5 Å². The second kappa shape index (κ2) is 7.40. The van der Waals surface area contributed by atoms with Crippen molar-refractivity contribution < 1.29 is 14.1 Å². The topological polar surface area (TPSA) is 78.4 Å². The van der Waals surface area contributed by atoms with Crippen molar-refractivity contribution >= 4 is 18.1 Å². The smallest absolute Gasteiger partial charge is 0.311 e. The highest BCUT2D eigenvalue weighted by molar-refractivity contribution is 5.85. The van der Waals surface area contributed by atoms with Crippen LogP contribution in [-0.2, 0) is 0 Å². The molecule has 0 heterocycles. The van der Waals surface area contributed by atoms with Crippen molar-refractivity contribution in [3.05, 3.63) is 34.1 Å². The Morgan fingerprint density at radius 2 is 2.00 bits per heavy atom. The summed E-state index contributed by atoms with van der Waals surface area (Å²) in [5.41, 5.74) is 5.41. The van der Waals surface area contributed by atoms with Gasteiger partial charge in [0.15, 0.2) is 5.75 Å². The third-order valence-corrected chi connectivity index (χ3v) is 3.54. The van der Waals surface area contributed by atoms with Gasteiger partial charge in [0.05, 0.1) is 11.0 Å². The highest BCUT2D eigenvalue weighted by Crippen LogP contribution is 2.32. The zero-order valence-corrected chi connectivity index (χ0v) is 11.8. The monoisotopic (exact) mass is 304 g/mol. The lowest BCUT2D eigenvalue weighted by Gasteiger charge is -2.27. The first-order valence-electron chi connectivity index (χ1n) is 6.41. The van der Waals surface area contributed by atoms with Crippen LogP contribution in [0.3, 0.4) is 0 Å². The fourth-order valence-corrected chi connectivity index (χ4v) is 2.40. The molecule has 112 valence electrons. The predicted octanol–water partition coefficient (Wildman–Crippen LogP) is 3.05. The van der Waals surface area contributed by atoms with E-state index in [0.29, 0.717) is 12.5 Å². The molecule has 2 rings (SSSR count). The van der Waals surface area contributed by atoms with E-state index < -0.39 is 10.7 Å². The molecular formula is C13H18ClFN2O3. The van der Waals surface area contributed by atoms with Crippen LogP contribution in [0.25, 0.3) is 0 Å². The lowest BCUT2D eigenvalue weighted by Crippen LogP contribution is -2.27. The van der Waals surface area contributed by atoms with Crippen LogP contribution in [0.4, 0.5) is 10.1 Å². The summed E-state index contributed by atoms with van der Waals surface area (Å²) in [7, 11) is 0. The lowest BCUT2D eigenvalue weighted by molar-refractivity contribution is -0.386. The van der Waals surface area contributed by atoms with Gasteiger partial charge in [-0.1, -0.05) is 0 Å². The molecule has 0 unspecified atom stereocenters. The van der Waals surface area contributed by atoms with E-state index >= 15 is 0 Å². The largest absolute Gasteiger partial charge is 0.483 e. The number of nitro groups is 1. The van der Waals surface area contributed by atoms with Gasteiger partial charge in [0.1, 0.15) is 5.82 Å². The maximum absolute atomic E-state index is 13.2. The first-order valence-corrected chi connectivity index (χ1v) is 6.41. The molecule has 0 saturated heterocycles. The van der Waals surface area contributed by atoms with Crippen LogP contribution in [0.5, 0.6) is 5.75 Å². The van der Waals surface area contributed by atoms with Crippen LogP contribution in [0.15, 0.2) is 18.2 Å². The highest BCUT2D eigenvalue weighted by atomic mass is 35.5. The molecule has 0 aromatic heterocycles. The van der Waals surface area contributed by atoms with Gasteiger partial charge in [0, 0.05) is 12.1 Å². The molecule has 1 aromatic carbocycles. The van der Waals surface area contributed by atoms with Crippen LogP contribution >= 0.6 is 12.4 Å². The summed E-state index contributed by atoms with van der Waals surface area (Å²) in [5, 5.41) is 10.9. The van der Waals surface area contributed by atoms with Crippen molar-refractivity contribution in [2.45, 2.75) is 31.8 Å². The van der Waals surface area contributed by atoms with Gasteiger partial charge in [0.25, 0.3) is 0 Å². The summed E-state index contributed by atoms with van der Waals surface area (Å²) in [6.45, 7) is 0.660. The molecular weight excluding hydrogens is 287 g/mol. The fourth-order valence-electron chi connectivity index (χ4n) is 2.40. The van der Waals surface area contributed by atoms with Crippen LogP contribution in [-0.4, -0.2) is 17.6 Å². The minimum Gasteiger partial charge on any atom is -0.483 e. The third kappa shape index (κ3) is 4.05. The van der Waals surface area contributed by atoms with Crippen molar-refractivity contribution in [2.75, 3.05) is 6.54 Å². The molecule has 0 spiro atoms. The van der Waals surface area contributed by atoms with Crippen molar-refractivity contribution in [1.29, 1.82) is 0 Å². The molecule has 7 heteroatoms. The summed E-state index contributed by atoms with van der Waals surface area (Å²) in [4.78, 5) is 10.3. The van der Waals surface area contributed by atoms with Gasteiger partial charge >= 0.3 is 5.69 Å². The molecule has 0 radical (unpaired) electrons. The van der Waals surface area contributed by atoms with E-state index in [1.165, 1.54) is 0 Å². The van der Waals surface area contributed by atoms with Gasteiger partial charge in [-0.2, -0.15) is 0 Å². The Labute approximate surface area is 122 Å². The maximum atomic E-state index is 13.2. The molecule has 5 nitrogen and oxygen atoms in total. The average Bonchev–Trinajstić information content (AvgIpc) is 2.39. The standard InChI is InChI=1S/C13H17FN2O3.ClH/c14-10-3-6-12(16(17)18)13(7-10)19-11-4-1-9(8-15)2-5-11;/h3,6-7,9,11H,1-2,4-5,8,15H2;1H. The van der Waals surface area contributed by atoms with Crippen molar-refractivity contribution in [3.63, 3.8) is 0 Å². The minimum absolute atomic E-state index is 0. The second-order valence-corrected chi connectivity index (χ2v) is 4.87. The molecule has 1 aromatic rings. The Balaban J connectivity index is 0.00000200. The number of hydrogen-bond donors (Lipinski definition) is 1. The number of nitro benzene ring substituents is 1. The summed E-state index contributed by atoms with van der Waals surface area (Å²) in [6.07, 6.45) is 3.41. The Bertz CT molecular complexity index is 465. The normalized spacial score (nSPS) is 21.9. The average molecular weight is 305 g/mol. The molecule has 1 aliphatic rings. The molecule has 1 saturated carbocycles. The van der Waals surface area contributed by atoms with Gasteiger partial charge in [-0.15, -0.1) is 12.4 Å². The molecule has 0 bridgehead atoms. The maximum Gasteiger partial charge on any atom is 0.311 e. The summed E-state index contributed by atoms with van der Waals surface area (Å²) in [6, 6.07) is 3.28. The Morgan fingerprint density at radius 1 is 1.35 bits per heavy atom. The van der Waals surface area contributed by atoms with Crippen molar-refractivity contribution in [2.24, 2.45) is 11.7 Å². The highest BCUT2D eigenvalue weighted by Gasteiger charge is 2.24. The van der Waals surface area contributed by atoms with E-state index in [-0.39, 0.29) is 29.9 Å². The quantitative estimate of drug-likeness (QED) is 0.685. The predicted molar refractivity (Wildman–Crippen MR) is 75.7 cm³/mol. The minimum atomic E-state index is -0.555. The van der Waals surface area contributed by atoms with E-state index in [2.05, 4.69) is 0 Å². The Morgan fingerprint density at radius 3 is 2.55 bits per heavy atom. The van der Waals surface area contributed by atoms with E-state index in [1.807, 2.05) is 0 Å².